The minimum atomic E-state index is -0.248. The lowest BCUT2D eigenvalue weighted by atomic mass is 9.96. The number of fused-ring (bicyclic) bond motifs is 1. The van der Waals surface area contributed by atoms with Crippen molar-refractivity contribution in [3.8, 4) is 28.7 Å². The fraction of sp³-hybridized carbons (Fsp3) is 0.276. The van der Waals surface area contributed by atoms with Crippen molar-refractivity contribution in [2.45, 2.75) is 46.6 Å². The standard InChI is InChI=1S/C29H29N3O3/c1-5-8-23(16-27(33)34-6-2)22-11-13-26(14-12-22)35-18-25-15-24(17-32-29(25)30-19-31-32)28-20(3)9-7-10-21(28)4/h7,9-15,17,19,23H,6,16,18H2,1-4H3. The maximum absolute atomic E-state index is 12.0. The molecule has 0 saturated heterocycles. The van der Waals surface area contributed by atoms with Crippen molar-refractivity contribution in [2.24, 2.45) is 0 Å². The molecule has 35 heavy (non-hydrogen) atoms. The third kappa shape index (κ3) is 5.52. The lowest BCUT2D eigenvalue weighted by Gasteiger charge is -2.14. The van der Waals surface area contributed by atoms with Gasteiger partial charge >= 0.3 is 5.97 Å². The van der Waals surface area contributed by atoms with Crippen LogP contribution in [0.3, 0.4) is 0 Å². The minimum Gasteiger partial charge on any atom is -0.489 e. The summed E-state index contributed by atoms with van der Waals surface area (Å²) >= 11 is 0. The molecule has 0 aliphatic heterocycles. The molecule has 0 spiro atoms. The van der Waals surface area contributed by atoms with Gasteiger partial charge in [0.05, 0.1) is 18.9 Å². The lowest BCUT2D eigenvalue weighted by Crippen LogP contribution is -2.09. The smallest absolute Gasteiger partial charge is 0.307 e. The molecule has 4 aromatic rings. The van der Waals surface area contributed by atoms with Crippen LogP contribution < -0.4 is 4.74 Å². The van der Waals surface area contributed by atoms with E-state index in [4.69, 9.17) is 9.47 Å². The molecule has 0 fully saturated rings. The van der Waals surface area contributed by atoms with Gasteiger partial charge in [-0.25, -0.2) is 9.50 Å². The Bertz CT molecular complexity index is 1370. The maximum atomic E-state index is 12.0. The summed E-state index contributed by atoms with van der Waals surface area (Å²) in [6, 6.07) is 16.1. The van der Waals surface area contributed by atoms with Crippen molar-refractivity contribution < 1.29 is 14.3 Å². The SMILES string of the molecule is CC#CC(CC(=O)OCC)c1ccc(OCc2cc(-c3c(C)cccc3C)cn3ncnc23)cc1. The van der Waals surface area contributed by atoms with Gasteiger partial charge in [0.1, 0.15) is 18.7 Å². The van der Waals surface area contributed by atoms with Gasteiger partial charge in [-0.3, -0.25) is 4.79 Å². The molecular weight excluding hydrogens is 438 g/mol. The van der Waals surface area contributed by atoms with Crippen molar-refractivity contribution in [1.29, 1.82) is 0 Å². The molecule has 2 aromatic carbocycles. The van der Waals surface area contributed by atoms with Crippen molar-refractivity contribution in [1.82, 2.24) is 14.6 Å². The number of aryl methyl sites for hydroxylation is 2. The van der Waals surface area contributed by atoms with Crippen molar-refractivity contribution in [3.05, 3.63) is 83.3 Å². The number of benzene rings is 2. The summed E-state index contributed by atoms with van der Waals surface area (Å²) in [7, 11) is 0. The van der Waals surface area contributed by atoms with Crippen LogP contribution in [0.5, 0.6) is 5.75 Å². The van der Waals surface area contributed by atoms with E-state index >= 15 is 0 Å². The van der Waals surface area contributed by atoms with Gasteiger partial charge in [-0.05, 0) is 68.1 Å². The van der Waals surface area contributed by atoms with E-state index in [0.717, 1.165) is 28.1 Å². The van der Waals surface area contributed by atoms with E-state index < -0.39 is 0 Å². The average Bonchev–Trinajstić information content (AvgIpc) is 3.32. The van der Waals surface area contributed by atoms with E-state index in [2.05, 4.69) is 60.0 Å². The van der Waals surface area contributed by atoms with Crippen LogP contribution in [0.15, 0.2) is 61.1 Å². The first kappa shape index (κ1) is 24.0. The van der Waals surface area contributed by atoms with Gasteiger partial charge in [-0.15, -0.1) is 5.92 Å². The molecule has 0 aliphatic carbocycles. The van der Waals surface area contributed by atoms with Crippen LogP contribution in [0.2, 0.25) is 0 Å². The number of nitrogens with zero attached hydrogens (tertiary/aromatic N) is 3. The minimum absolute atomic E-state index is 0.210. The predicted octanol–water partition coefficient (Wildman–Crippen LogP) is 5.65. The molecular formula is C29H29N3O3. The van der Waals surface area contributed by atoms with E-state index in [9.17, 15) is 4.79 Å². The van der Waals surface area contributed by atoms with Gasteiger partial charge in [0, 0.05) is 17.3 Å². The molecule has 0 bridgehead atoms. The Kier molecular flexibility index (Phi) is 7.47. The van der Waals surface area contributed by atoms with Crippen molar-refractivity contribution in [3.63, 3.8) is 0 Å². The van der Waals surface area contributed by atoms with Gasteiger partial charge in [-0.2, -0.15) is 5.10 Å². The largest absolute Gasteiger partial charge is 0.489 e. The zero-order valence-corrected chi connectivity index (χ0v) is 20.5. The number of ether oxygens (including phenoxy) is 2. The van der Waals surface area contributed by atoms with E-state index in [1.54, 1.807) is 24.7 Å². The van der Waals surface area contributed by atoms with Crippen molar-refractivity contribution in [2.75, 3.05) is 6.61 Å². The second-order valence-electron chi connectivity index (χ2n) is 8.36. The topological polar surface area (TPSA) is 65.7 Å². The number of carbonyl (C=O) groups excluding carboxylic acids is 1. The second-order valence-corrected chi connectivity index (χ2v) is 8.36. The fourth-order valence-electron chi connectivity index (χ4n) is 4.28. The lowest BCUT2D eigenvalue weighted by molar-refractivity contribution is -0.143. The highest BCUT2D eigenvalue weighted by Gasteiger charge is 2.16. The van der Waals surface area contributed by atoms with Gasteiger partial charge < -0.3 is 9.47 Å². The molecule has 2 aromatic heterocycles. The number of hydrogen-bond acceptors (Lipinski definition) is 5. The third-order valence-electron chi connectivity index (χ3n) is 5.89. The Balaban J connectivity index is 1.55. The molecule has 6 nitrogen and oxygen atoms in total. The van der Waals surface area contributed by atoms with Crippen LogP contribution in [0.25, 0.3) is 16.8 Å². The number of rotatable bonds is 8. The van der Waals surface area contributed by atoms with Crippen molar-refractivity contribution >= 4 is 11.6 Å². The number of carbonyl (C=O) groups is 1. The quantitative estimate of drug-likeness (QED) is 0.247. The molecule has 0 N–H and O–H groups in total. The molecule has 0 aliphatic rings. The summed E-state index contributed by atoms with van der Waals surface area (Å²) in [5, 5.41) is 4.36. The average molecular weight is 468 g/mol. The number of pyridine rings is 1. The molecule has 0 saturated carbocycles. The maximum Gasteiger partial charge on any atom is 0.307 e. The molecule has 4 rings (SSSR count). The van der Waals surface area contributed by atoms with Gasteiger partial charge in [-0.1, -0.05) is 36.3 Å². The van der Waals surface area contributed by atoms with Gasteiger partial charge in [0.2, 0.25) is 0 Å². The van der Waals surface area contributed by atoms with Crippen LogP contribution in [0.1, 0.15) is 48.4 Å². The Hall–Kier alpha value is -4.11. The van der Waals surface area contributed by atoms with Crippen LogP contribution in [0.4, 0.5) is 0 Å². The first-order valence-corrected chi connectivity index (χ1v) is 11.7. The molecule has 178 valence electrons. The summed E-state index contributed by atoms with van der Waals surface area (Å²) in [5.74, 6) is 6.28. The molecule has 6 heteroatoms. The Morgan fingerprint density at radius 1 is 1.11 bits per heavy atom. The Morgan fingerprint density at radius 3 is 2.54 bits per heavy atom. The predicted molar refractivity (Wildman–Crippen MR) is 136 cm³/mol. The summed E-state index contributed by atoms with van der Waals surface area (Å²) in [4.78, 5) is 16.4. The molecule has 1 unspecified atom stereocenters. The number of aromatic nitrogens is 3. The zero-order valence-electron chi connectivity index (χ0n) is 20.5. The van der Waals surface area contributed by atoms with Gasteiger partial charge in [0.15, 0.2) is 5.65 Å². The van der Waals surface area contributed by atoms with Crippen LogP contribution in [0, 0.1) is 25.7 Å². The summed E-state index contributed by atoms with van der Waals surface area (Å²) in [6.45, 7) is 8.51. The first-order valence-electron chi connectivity index (χ1n) is 11.7. The Morgan fingerprint density at radius 2 is 1.86 bits per heavy atom. The second kappa shape index (κ2) is 10.9. The summed E-state index contributed by atoms with van der Waals surface area (Å²) in [5.41, 5.74) is 7.36. The van der Waals surface area contributed by atoms with Crippen LogP contribution >= 0.6 is 0 Å². The third-order valence-corrected chi connectivity index (χ3v) is 5.89. The first-order chi connectivity index (χ1) is 17.0. The Labute approximate surface area is 205 Å². The van der Waals surface area contributed by atoms with Crippen LogP contribution in [-0.2, 0) is 16.1 Å². The van der Waals surface area contributed by atoms with E-state index in [1.807, 2.05) is 30.5 Å². The van der Waals surface area contributed by atoms with Crippen LogP contribution in [-0.4, -0.2) is 27.2 Å². The van der Waals surface area contributed by atoms with E-state index in [0.29, 0.717) is 13.2 Å². The molecule has 0 amide bonds. The van der Waals surface area contributed by atoms with E-state index in [1.165, 1.54) is 16.7 Å². The highest BCUT2D eigenvalue weighted by molar-refractivity contribution is 5.73. The number of hydrogen-bond donors (Lipinski definition) is 0. The van der Waals surface area contributed by atoms with E-state index in [-0.39, 0.29) is 18.3 Å². The summed E-state index contributed by atoms with van der Waals surface area (Å²) < 4.78 is 13.0. The monoisotopic (exact) mass is 467 g/mol. The normalized spacial score (nSPS) is 11.5. The molecule has 0 radical (unpaired) electrons. The summed E-state index contributed by atoms with van der Waals surface area (Å²) in [6.07, 6.45) is 3.79. The highest BCUT2D eigenvalue weighted by Crippen LogP contribution is 2.29. The molecule has 2 heterocycles. The fourth-order valence-corrected chi connectivity index (χ4v) is 4.28. The molecule has 1 atom stereocenters. The van der Waals surface area contributed by atoms with Gasteiger partial charge in [0.25, 0.3) is 0 Å². The zero-order chi connectivity index (χ0) is 24.8. The highest BCUT2D eigenvalue weighted by atomic mass is 16.5. The number of esters is 1.